The molecule has 0 aromatic heterocycles. The zero-order chi connectivity index (χ0) is 12.3. The molecule has 1 saturated heterocycles. The molecule has 0 bridgehead atoms. The van der Waals surface area contributed by atoms with Gasteiger partial charge in [-0.2, -0.15) is 0 Å². The Hall–Kier alpha value is -1.06. The van der Waals surface area contributed by atoms with Crippen LogP contribution in [-0.2, 0) is 4.79 Å². The van der Waals surface area contributed by atoms with E-state index in [2.05, 4.69) is 10.6 Å². The molecule has 17 heavy (non-hydrogen) atoms. The highest BCUT2D eigenvalue weighted by Gasteiger charge is 2.18. The molecule has 0 radical (unpaired) electrons. The van der Waals surface area contributed by atoms with Crippen LogP contribution in [0, 0.1) is 12.8 Å². The Morgan fingerprint density at radius 3 is 3.06 bits per heavy atom. The highest BCUT2D eigenvalue weighted by Crippen LogP contribution is 2.23. The number of hydrogen-bond donors (Lipinski definition) is 2. The third kappa shape index (κ3) is 3.45. The summed E-state index contributed by atoms with van der Waals surface area (Å²) >= 11 is 6.06. The highest BCUT2D eigenvalue weighted by atomic mass is 35.5. The zero-order valence-corrected chi connectivity index (χ0v) is 10.7. The molecule has 1 heterocycles. The first kappa shape index (κ1) is 12.4. The van der Waals surface area contributed by atoms with Gasteiger partial charge in [0.2, 0.25) is 5.91 Å². The minimum Gasteiger partial charge on any atom is -0.325 e. The van der Waals surface area contributed by atoms with Crippen LogP contribution in [-0.4, -0.2) is 19.0 Å². The van der Waals surface area contributed by atoms with Crippen molar-refractivity contribution in [2.45, 2.75) is 19.8 Å². The lowest BCUT2D eigenvalue weighted by atomic mass is 10.0. The van der Waals surface area contributed by atoms with Crippen LogP contribution in [0.3, 0.4) is 0 Å². The fraction of sp³-hybridized carbons (Fsp3) is 0.462. The second-order valence-electron chi connectivity index (χ2n) is 4.59. The summed E-state index contributed by atoms with van der Waals surface area (Å²) in [7, 11) is 0. The molecular weight excluding hydrogens is 236 g/mol. The van der Waals surface area contributed by atoms with Crippen LogP contribution in [0.15, 0.2) is 18.2 Å². The van der Waals surface area contributed by atoms with E-state index in [0.29, 0.717) is 23.0 Å². The molecule has 1 atom stereocenters. The first-order valence-corrected chi connectivity index (χ1v) is 6.29. The van der Waals surface area contributed by atoms with Crippen molar-refractivity contribution in [3.8, 4) is 0 Å². The number of aryl methyl sites for hydroxylation is 1. The molecule has 92 valence electrons. The number of carbonyl (C=O) groups excluding carboxylic acids is 1. The van der Waals surface area contributed by atoms with Crippen molar-refractivity contribution in [2.75, 3.05) is 18.4 Å². The molecule has 0 aliphatic carbocycles. The third-order valence-corrected chi connectivity index (χ3v) is 3.35. The minimum atomic E-state index is 0.0458. The van der Waals surface area contributed by atoms with E-state index in [-0.39, 0.29) is 5.91 Å². The largest absolute Gasteiger partial charge is 0.325 e. The van der Waals surface area contributed by atoms with Crippen LogP contribution in [0.5, 0.6) is 0 Å². The Bertz CT molecular complexity index is 414. The van der Waals surface area contributed by atoms with Crippen molar-refractivity contribution in [3.05, 3.63) is 28.8 Å². The average Bonchev–Trinajstić information content (AvgIpc) is 2.75. The second kappa shape index (κ2) is 5.52. The number of hydrogen-bond acceptors (Lipinski definition) is 2. The van der Waals surface area contributed by atoms with E-state index in [9.17, 15) is 4.79 Å². The molecule has 0 spiro atoms. The van der Waals surface area contributed by atoms with E-state index in [4.69, 9.17) is 11.6 Å². The molecule has 0 saturated carbocycles. The lowest BCUT2D eigenvalue weighted by Crippen LogP contribution is -2.18. The number of anilines is 1. The van der Waals surface area contributed by atoms with Crippen molar-refractivity contribution >= 4 is 23.2 Å². The van der Waals surface area contributed by atoms with Gasteiger partial charge < -0.3 is 10.6 Å². The first-order chi connectivity index (χ1) is 8.15. The van der Waals surface area contributed by atoms with Crippen molar-refractivity contribution in [2.24, 2.45) is 5.92 Å². The predicted octanol–water partition coefficient (Wildman–Crippen LogP) is 2.59. The maximum Gasteiger partial charge on any atom is 0.224 e. The summed E-state index contributed by atoms with van der Waals surface area (Å²) in [6, 6.07) is 5.65. The zero-order valence-electron chi connectivity index (χ0n) is 9.92. The van der Waals surface area contributed by atoms with Crippen LogP contribution < -0.4 is 10.6 Å². The fourth-order valence-electron chi connectivity index (χ4n) is 2.07. The predicted molar refractivity (Wildman–Crippen MR) is 70.4 cm³/mol. The maximum atomic E-state index is 11.8. The van der Waals surface area contributed by atoms with Gasteiger partial charge in [-0.3, -0.25) is 4.79 Å². The van der Waals surface area contributed by atoms with Crippen LogP contribution in [0.4, 0.5) is 5.69 Å². The topological polar surface area (TPSA) is 41.1 Å². The molecule has 1 fully saturated rings. The molecule has 3 nitrogen and oxygen atoms in total. The Balaban J connectivity index is 1.93. The van der Waals surface area contributed by atoms with Crippen LogP contribution >= 0.6 is 11.6 Å². The maximum absolute atomic E-state index is 11.8. The monoisotopic (exact) mass is 252 g/mol. The molecule has 1 unspecified atom stereocenters. The van der Waals surface area contributed by atoms with Gasteiger partial charge in [-0.15, -0.1) is 0 Å². The first-order valence-electron chi connectivity index (χ1n) is 5.92. The van der Waals surface area contributed by atoms with Crippen molar-refractivity contribution in [1.29, 1.82) is 0 Å². The normalized spacial score (nSPS) is 19.3. The summed E-state index contributed by atoms with van der Waals surface area (Å²) in [5.74, 6) is 0.503. The summed E-state index contributed by atoms with van der Waals surface area (Å²) < 4.78 is 0. The average molecular weight is 253 g/mol. The molecule has 1 aromatic rings. The van der Waals surface area contributed by atoms with E-state index in [0.717, 1.165) is 25.1 Å². The summed E-state index contributed by atoms with van der Waals surface area (Å²) in [4.78, 5) is 11.8. The SMILES string of the molecule is Cc1ccc(NC(=O)CC2CCNC2)c(Cl)c1. The Labute approximate surface area is 107 Å². The molecule has 2 rings (SSSR count). The van der Waals surface area contributed by atoms with Crippen LogP contribution in [0.1, 0.15) is 18.4 Å². The van der Waals surface area contributed by atoms with Gasteiger partial charge in [-0.05, 0) is 50.0 Å². The number of halogens is 1. The molecule has 1 aromatic carbocycles. The minimum absolute atomic E-state index is 0.0458. The Kier molecular flexibility index (Phi) is 4.02. The Morgan fingerprint density at radius 1 is 1.59 bits per heavy atom. The van der Waals surface area contributed by atoms with Gasteiger partial charge in [-0.1, -0.05) is 17.7 Å². The number of rotatable bonds is 3. The van der Waals surface area contributed by atoms with E-state index in [1.54, 1.807) is 0 Å². The van der Waals surface area contributed by atoms with Gasteiger partial charge in [0, 0.05) is 6.42 Å². The van der Waals surface area contributed by atoms with E-state index >= 15 is 0 Å². The lowest BCUT2D eigenvalue weighted by molar-refractivity contribution is -0.116. The number of benzene rings is 1. The van der Waals surface area contributed by atoms with E-state index in [1.165, 1.54) is 0 Å². The van der Waals surface area contributed by atoms with Gasteiger partial charge >= 0.3 is 0 Å². The van der Waals surface area contributed by atoms with E-state index in [1.807, 2.05) is 25.1 Å². The summed E-state index contributed by atoms with van der Waals surface area (Å²) in [5, 5.41) is 6.72. The summed E-state index contributed by atoms with van der Waals surface area (Å²) in [5.41, 5.74) is 1.79. The standard InChI is InChI=1S/C13H17ClN2O/c1-9-2-3-12(11(14)6-9)16-13(17)7-10-4-5-15-8-10/h2-3,6,10,15H,4-5,7-8H2,1H3,(H,16,17). The number of amides is 1. The second-order valence-corrected chi connectivity index (χ2v) is 5.00. The summed E-state index contributed by atoms with van der Waals surface area (Å²) in [6.45, 7) is 3.93. The molecule has 1 aliphatic rings. The molecule has 1 amide bonds. The van der Waals surface area contributed by atoms with Crippen LogP contribution in [0.25, 0.3) is 0 Å². The van der Waals surface area contributed by atoms with Crippen LogP contribution in [0.2, 0.25) is 5.02 Å². The smallest absolute Gasteiger partial charge is 0.224 e. The summed E-state index contributed by atoms with van der Waals surface area (Å²) in [6.07, 6.45) is 1.65. The molecule has 1 aliphatic heterocycles. The lowest BCUT2D eigenvalue weighted by Gasteiger charge is -2.10. The third-order valence-electron chi connectivity index (χ3n) is 3.04. The van der Waals surface area contributed by atoms with E-state index < -0.39 is 0 Å². The number of nitrogens with one attached hydrogen (secondary N) is 2. The fourth-order valence-corrected chi connectivity index (χ4v) is 2.36. The number of carbonyl (C=O) groups is 1. The van der Waals surface area contributed by atoms with Crippen molar-refractivity contribution in [1.82, 2.24) is 5.32 Å². The molecular formula is C13H17ClN2O. The quantitative estimate of drug-likeness (QED) is 0.868. The van der Waals surface area contributed by atoms with Gasteiger partial charge in [0.15, 0.2) is 0 Å². The Morgan fingerprint density at radius 2 is 2.41 bits per heavy atom. The van der Waals surface area contributed by atoms with Crippen molar-refractivity contribution in [3.63, 3.8) is 0 Å². The van der Waals surface area contributed by atoms with Gasteiger partial charge in [-0.25, -0.2) is 0 Å². The van der Waals surface area contributed by atoms with Crippen molar-refractivity contribution < 1.29 is 4.79 Å². The van der Waals surface area contributed by atoms with Gasteiger partial charge in [0.05, 0.1) is 10.7 Å². The highest BCUT2D eigenvalue weighted by molar-refractivity contribution is 6.33. The molecule has 4 heteroatoms. The van der Waals surface area contributed by atoms with Gasteiger partial charge in [0.1, 0.15) is 0 Å². The molecule has 2 N–H and O–H groups in total. The van der Waals surface area contributed by atoms with Gasteiger partial charge in [0.25, 0.3) is 0 Å².